The van der Waals surface area contributed by atoms with E-state index < -0.39 is 10.1 Å². The van der Waals surface area contributed by atoms with Crippen LogP contribution in [0.3, 0.4) is 0 Å². The van der Waals surface area contributed by atoms with Crippen molar-refractivity contribution in [3.05, 3.63) is 30.7 Å². The van der Waals surface area contributed by atoms with Crippen molar-refractivity contribution in [1.82, 2.24) is 24.3 Å². The first kappa shape index (κ1) is 20.0. The van der Waals surface area contributed by atoms with Crippen LogP contribution in [0.2, 0.25) is 0 Å². The fraction of sp³-hybridized carbons (Fsp3) is 0.312. The molecule has 3 aromatic rings. The summed E-state index contributed by atoms with van der Waals surface area (Å²) in [5, 5.41) is 4.23. The van der Waals surface area contributed by atoms with Gasteiger partial charge in [0.1, 0.15) is 30.2 Å². The number of fused-ring (bicyclic) bond motifs is 3. The van der Waals surface area contributed by atoms with E-state index in [1.54, 1.807) is 4.68 Å². The van der Waals surface area contributed by atoms with Gasteiger partial charge in [0.2, 0.25) is 0 Å². The molecule has 1 aliphatic heterocycles. The molecule has 0 unspecified atom stereocenters. The van der Waals surface area contributed by atoms with Gasteiger partial charge in [-0.3, -0.25) is 4.55 Å². The molecule has 9 nitrogen and oxygen atoms in total. The number of ether oxygens (including phenoxy) is 1. The van der Waals surface area contributed by atoms with Crippen LogP contribution in [0.5, 0.6) is 5.75 Å². The van der Waals surface area contributed by atoms with Gasteiger partial charge in [-0.05, 0) is 32.0 Å². The van der Waals surface area contributed by atoms with Crippen molar-refractivity contribution in [2.45, 2.75) is 31.3 Å². The number of imidazole rings is 1. The number of hydrogen-bond acceptors (Lipinski definition) is 6. The zero-order chi connectivity index (χ0) is 18.5. The second kappa shape index (κ2) is 7.36. The Balaban J connectivity index is 0.00000210. The minimum atomic E-state index is -4.32. The van der Waals surface area contributed by atoms with Crippen LogP contribution in [0.4, 0.5) is 0 Å². The Labute approximate surface area is 178 Å². The summed E-state index contributed by atoms with van der Waals surface area (Å²) in [5.41, 5.74) is 1.13. The molecule has 1 aromatic carbocycles. The summed E-state index contributed by atoms with van der Waals surface area (Å²) in [4.78, 5) is 8.73. The van der Waals surface area contributed by atoms with Gasteiger partial charge in [0, 0.05) is 12.2 Å². The quantitative estimate of drug-likeness (QED) is 0.523. The van der Waals surface area contributed by atoms with Crippen LogP contribution in [-0.4, -0.2) is 73.5 Å². The van der Waals surface area contributed by atoms with Crippen LogP contribution >= 0.6 is 0 Å². The molecule has 0 saturated carbocycles. The molecule has 11 heteroatoms. The Kier molecular flexibility index (Phi) is 5.46. The summed E-state index contributed by atoms with van der Waals surface area (Å²) in [7, 11) is -4.32. The number of rotatable bonds is 3. The molecule has 1 N–H and O–H groups in total. The van der Waals surface area contributed by atoms with E-state index >= 15 is 0 Å². The van der Waals surface area contributed by atoms with Crippen molar-refractivity contribution in [2.24, 2.45) is 0 Å². The van der Waals surface area contributed by atoms with Gasteiger partial charge in [0.25, 0.3) is 10.1 Å². The molecule has 27 heavy (non-hydrogen) atoms. The molecule has 4 rings (SSSR count). The van der Waals surface area contributed by atoms with Crippen molar-refractivity contribution in [1.29, 1.82) is 0 Å². The molecule has 3 heterocycles. The van der Waals surface area contributed by atoms with Crippen LogP contribution in [0.1, 0.15) is 19.9 Å². The van der Waals surface area contributed by atoms with Crippen molar-refractivity contribution >= 4 is 39.7 Å². The van der Waals surface area contributed by atoms with Gasteiger partial charge in [-0.1, -0.05) is 0 Å². The minimum absolute atomic E-state index is 0. The van der Waals surface area contributed by atoms with E-state index in [1.165, 1.54) is 24.5 Å². The third kappa shape index (κ3) is 3.67. The van der Waals surface area contributed by atoms with Crippen LogP contribution < -0.4 is 4.74 Å². The summed E-state index contributed by atoms with van der Waals surface area (Å²) >= 11 is 0. The van der Waals surface area contributed by atoms with Gasteiger partial charge in [0.15, 0.2) is 5.82 Å². The number of nitrogens with zero attached hydrogens (tertiary/aromatic N) is 5. The van der Waals surface area contributed by atoms with Crippen molar-refractivity contribution in [3.8, 4) is 28.7 Å². The van der Waals surface area contributed by atoms with Crippen LogP contribution in [0.25, 0.3) is 22.9 Å². The van der Waals surface area contributed by atoms with Crippen LogP contribution in [-0.2, 0) is 16.7 Å². The molecule has 1 aliphatic rings. The molecular formula is C16H18N5NaO4S. The SMILES string of the molecule is CC(C)n1ncnc1-c1cn2c(n1)-c1cc(S(=O)(=O)O)ccc1OCC2.[NaH]. The molecule has 138 valence electrons. The first-order valence-corrected chi connectivity index (χ1v) is 9.50. The van der Waals surface area contributed by atoms with E-state index in [2.05, 4.69) is 15.1 Å². The monoisotopic (exact) mass is 399 g/mol. The Morgan fingerprint density at radius 3 is 2.74 bits per heavy atom. The predicted octanol–water partition coefficient (Wildman–Crippen LogP) is 1.38. The summed E-state index contributed by atoms with van der Waals surface area (Å²) in [6.45, 7) is 4.97. The number of benzene rings is 1. The van der Waals surface area contributed by atoms with E-state index in [-0.39, 0.29) is 40.5 Å². The fourth-order valence-corrected chi connectivity index (χ4v) is 3.45. The van der Waals surface area contributed by atoms with E-state index in [9.17, 15) is 13.0 Å². The third-order valence-electron chi connectivity index (χ3n) is 4.15. The molecule has 0 bridgehead atoms. The van der Waals surface area contributed by atoms with Gasteiger partial charge in [-0.2, -0.15) is 13.5 Å². The van der Waals surface area contributed by atoms with Gasteiger partial charge in [-0.25, -0.2) is 14.6 Å². The maximum atomic E-state index is 11.5. The normalized spacial score (nSPS) is 13.3. The van der Waals surface area contributed by atoms with E-state index in [4.69, 9.17) is 4.74 Å². The molecule has 0 atom stereocenters. The van der Waals surface area contributed by atoms with E-state index in [0.29, 0.717) is 41.8 Å². The van der Waals surface area contributed by atoms with Gasteiger partial charge in [-0.15, -0.1) is 0 Å². The topological polar surface area (TPSA) is 112 Å². The zero-order valence-electron chi connectivity index (χ0n) is 14.2. The molecule has 0 fully saturated rings. The maximum absolute atomic E-state index is 11.5. The molecular weight excluding hydrogens is 381 g/mol. The van der Waals surface area contributed by atoms with Crippen LogP contribution in [0.15, 0.2) is 35.6 Å². The van der Waals surface area contributed by atoms with Crippen molar-refractivity contribution in [2.75, 3.05) is 6.61 Å². The van der Waals surface area contributed by atoms with Crippen molar-refractivity contribution in [3.63, 3.8) is 0 Å². The summed E-state index contributed by atoms with van der Waals surface area (Å²) in [6, 6.07) is 4.32. The Morgan fingerprint density at radius 1 is 1.26 bits per heavy atom. The molecule has 2 aromatic heterocycles. The summed E-state index contributed by atoms with van der Waals surface area (Å²) < 4.78 is 41.7. The second-order valence-corrected chi connectivity index (χ2v) is 7.67. The Hall–Kier alpha value is -1.72. The van der Waals surface area contributed by atoms with Gasteiger partial charge in [0.05, 0.1) is 17.0 Å². The van der Waals surface area contributed by atoms with Crippen molar-refractivity contribution < 1.29 is 17.7 Å². The molecule has 0 aliphatic carbocycles. The average Bonchev–Trinajstić information content (AvgIpc) is 3.18. The fourth-order valence-electron chi connectivity index (χ4n) is 2.94. The summed E-state index contributed by atoms with van der Waals surface area (Å²) in [6.07, 6.45) is 3.32. The molecule has 0 saturated heterocycles. The third-order valence-corrected chi connectivity index (χ3v) is 5.00. The summed E-state index contributed by atoms with van der Waals surface area (Å²) in [5.74, 6) is 1.70. The van der Waals surface area contributed by atoms with E-state index in [1.807, 2.05) is 24.6 Å². The van der Waals surface area contributed by atoms with Gasteiger partial charge >= 0.3 is 29.6 Å². The first-order chi connectivity index (χ1) is 12.3. The molecule has 0 radical (unpaired) electrons. The Bertz CT molecular complexity index is 1090. The van der Waals surface area contributed by atoms with E-state index in [0.717, 1.165) is 0 Å². The second-order valence-electron chi connectivity index (χ2n) is 6.25. The standard InChI is InChI=1S/C16H17N5O4S.Na.H/c1-10(2)21-16(17-9-18-21)13-8-20-5-6-25-14-4-3-11(26(22,23)24)7-12(14)15(20)19-13;;/h3-4,7-10H,5-6H2,1-2H3,(H,22,23,24);;. The Morgan fingerprint density at radius 2 is 2.04 bits per heavy atom. The molecule has 0 spiro atoms. The number of aromatic nitrogens is 5. The number of hydrogen-bond donors (Lipinski definition) is 1. The zero-order valence-corrected chi connectivity index (χ0v) is 15.0. The predicted molar refractivity (Wildman–Crippen MR) is 99.5 cm³/mol. The average molecular weight is 399 g/mol. The van der Waals surface area contributed by atoms with Gasteiger partial charge < -0.3 is 9.30 Å². The first-order valence-electron chi connectivity index (χ1n) is 8.06. The van der Waals surface area contributed by atoms with Crippen LogP contribution in [0, 0.1) is 0 Å². The molecule has 0 amide bonds.